The number of furan rings is 1. The van der Waals surface area contributed by atoms with Crippen LogP contribution in [0.25, 0.3) is 0 Å². The van der Waals surface area contributed by atoms with Crippen molar-refractivity contribution in [2.45, 2.75) is 6.10 Å². The van der Waals surface area contributed by atoms with Crippen LogP contribution >= 0.6 is 15.9 Å². The third-order valence-electron chi connectivity index (χ3n) is 2.21. The van der Waals surface area contributed by atoms with Crippen LogP contribution in [0, 0.1) is 0 Å². The molecule has 0 bridgehead atoms. The molecule has 1 N–H and O–H groups in total. The molecule has 6 heteroatoms. The number of ether oxygens (including phenoxy) is 1. The van der Waals surface area contributed by atoms with E-state index in [0.717, 1.165) is 10.2 Å². The summed E-state index contributed by atoms with van der Waals surface area (Å²) in [5.74, 6) is 1.33. The lowest BCUT2D eigenvalue weighted by Gasteiger charge is -2.13. The van der Waals surface area contributed by atoms with Crippen LogP contribution in [0.5, 0.6) is 0 Å². The number of aromatic nitrogens is 2. The highest BCUT2D eigenvalue weighted by molar-refractivity contribution is 9.10. The minimum Gasteiger partial charge on any atom is -0.467 e. The van der Waals surface area contributed by atoms with Crippen molar-refractivity contribution >= 4 is 21.9 Å². The summed E-state index contributed by atoms with van der Waals surface area (Å²) in [6.07, 6.45) is 4.84. The normalized spacial score (nSPS) is 12.4. The van der Waals surface area contributed by atoms with Gasteiger partial charge in [0, 0.05) is 19.5 Å². The molecular weight excluding hydrogens is 286 g/mol. The third kappa shape index (κ3) is 3.28. The lowest BCUT2D eigenvalue weighted by atomic mass is 10.3. The van der Waals surface area contributed by atoms with Gasteiger partial charge in [0.15, 0.2) is 0 Å². The van der Waals surface area contributed by atoms with Gasteiger partial charge in [-0.2, -0.15) is 0 Å². The molecule has 1 unspecified atom stereocenters. The van der Waals surface area contributed by atoms with E-state index in [1.165, 1.54) is 0 Å². The molecule has 90 valence electrons. The fraction of sp³-hybridized carbons (Fsp3) is 0.273. The Morgan fingerprint density at radius 1 is 1.47 bits per heavy atom. The summed E-state index contributed by atoms with van der Waals surface area (Å²) in [6.45, 7) is 0.547. The van der Waals surface area contributed by atoms with Crippen LogP contribution in [0.15, 0.2) is 39.7 Å². The SMILES string of the molecule is COC(CNc1ncc(Br)cn1)c1ccco1. The van der Waals surface area contributed by atoms with Crippen molar-refractivity contribution in [3.8, 4) is 0 Å². The Kier molecular flexibility index (Phi) is 4.11. The van der Waals surface area contributed by atoms with E-state index in [0.29, 0.717) is 12.5 Å². The molecule has 1 atom stereocenters. The Hall–Kier alpha value is -1.40. The number of nitrogens with one attached hydrogen (secondary N) is 1. The Labute approximate surface area is 107 Å². The van der Waals surface area contributed by atoms with Gasteiger partial charge in [-0.3, -0.25) is 0 Å². The van der Waals surface area contributed by atoms with Gasteiger partial charge in [-0.1, -0.05) is 0 Å². The number of hydrogen-bond acceptors (Lipinski definition) is 5. The summed E-state index contributed by atoms with van der Waals surface area (Å²) in [6, 6.07) is 3.70. The van der Waals surface area contributed by atoms with Gasteiger partial charge >= 0.3 is 0 Å². The molecule has 0 amide bonds. The van der Waals surface area contributed by atoms with Gasteiger partial charge in [0.05, 0.1) is 17.3 Å². The van der Waals surface area contributed by atoms with Gasteiger partial charge in [-0.15, -0.1) is 0 Å². The van der Waals surface area contributed by atoms with Crippen LogP contribution < -0.4 is 5.32 Å². The number of halogens is 1. The molecule has 0 spiro atoms. The first-order valence-electron chi connectivity index (χ1n) is 5.07. The zero-order valence-electron chi connectivity index (χ0n) is 9.26. The predicted molar refractivity (Wildman–Crippen MR) is 66.7 cm³/mol. The quantitative estimate of drug-likeness (QED) is 0.919. The smallest absolute Gasteiger partial charge is 0.222 e. The number of nitrogens with zero attached hydrogens (tertiary/aromatic N) is 2. The number of rotatable bonds is 5. The van der Waals surface area contributed by atoms with Gasteiger partial charge in [-0.05, 0) is 28.1 Å². The molecule has 0 aliphatic heterocycles. The standard InChI is InChI=1S/C11H12BrN3O2/c1-16-10(9-3-2-4-17-9)7-15-11-13-5-8(12)6-14-11/h2-6,10H,7H2,1H3,(H,13,14,15). The van der Waals surface area contributed by atoms with Crippen LogP contribution in [-0.2, 0) is 4.74 Å². The Bertz CT molecular complexity index is 444. The van der Waals surface area contributed by atoms with E-state index in [-0.39, 0.29) is 6.10 Å². The monoisotopic (exact) mass is 297 g/mol. The summed E-state index contributed by atoms with van der Waals surface area (Å²) in [5, 5.41) is 3.08. The van der Waals surface area contributed by atoms with Crippen molar-refractivity contribution in [2.24, 2.45) is 0 Å². The van der Waals surface area contributed by atoms with E-state index < -0.39 is 0 Å². The molecule has 0 fully saturated rings. The van der Waals surface area contributed by atoms with E-state index in [2.05, 4.69) is 31.2 Å². The zero-order valence-corrected chi connectivity index (χ0v) is 10.8. The molecule has 0 aromatic carbocycles. The molecular formula is C11H12BrN3O2. The largest absolute Gasteiger partial charge is 0.467 e. The molecule has 0 aliphatic rings. The lowest BCUT2D eigenvalue weighted by molar-refractivity contribution is 0.0942. The van der Waals surface area contributed by atoms with Crippen molar-refractivity contribution in [2.75, 3.05) is 19.0 Å². The molecule has 0 saturated carbocycles. The van der Waals surface area contributed by atoms with Gasteiger partial charge in [-0.25, -0.2) is 9.97 Å². The van der Waals surface area contributed by atoms with Gasteiger partial charge < -0.3 is 14.5 Å². The summed E-state index contributed by atoms with van der Waals surface area (Å²) in [7, 11) is 1.64. The van der Waals surface area contributed by atoms with E-state index in [1.807, 2.05) is 12.1 Å². The van der Waals surface area contributed by atoms with Crippen LogP contribution in [0.4, 0.5) is 5.95 Å². The number of hydrogen-bond donors (Lipinski definition) is 1. The molecule has 2 heterocycles. The molecule has 2 aromatic heterocycles. The molecule has 0 aliphatic carbocycles. The van der Waals surface area contributed by atoms with Crippen molar-refractivity contribution in [1.29, 1.82) is 0 Å². The van der Waals surface area contributed by atoms with E-state index in [9.17, 15) is 0 Å². The van der Waals surface area contributed by atoms with E-state index >= 15 is 0 Å². The minimum absolute atomic E-state index is 0.155. The first-order chi connectivity index (χ1) is 8.29. The highest BCUT2D eigenvalue weighted by Crippen LogP contribution is 2.17. The Morgan fingerprint density at radius 2 is 2.24 bits per heavy atom. The third-order valence-corrected chi connectivity index (χ3v) is 2.62. The fourth-order valence-corrected chi connectivity index (χ4v) is 1.57. The van der Waals surface area contributed by atoms with Crippen molar-refractivity contribution < 1.29 is 9.15 Å². The maximum absolute atomic E-state index is 5.32. The van der Waals surface area contributed by atoms with Gasteiger partial charge in [0.2, 0.25) is 5.95 Å². The van der Waals surface area contributed by atoms with Crippen LogP contribution in [0.3, 0.4) is 0 Å². The number of methoxy groups -OCH3 is 1. The topological polar surface area (TPSA) is 60.2 Å². The first kappa shape index (κ1) is 12.1. The van der Waals surface area contributed by atoms with Crippen molar-refractivity contribution in [3.63, 3.8) is 0 Å². The van der Waals surface area contributed by atoms with Crippen LogP contribution in [0.1, 0.15) is 11.9 Å². The minimum atomic E-state index is -0.155. The predicted octanol–water partition coefficient (Wildman–Crippen LogP) is 2.63. The lowest BCUT2D eigenvalue weighted by Crippen LogP contribution is -2.15. The molecule has 2 aromatic rings. The highest BCUT2D eigenvalue weighted by atomic mass is 79.9. The maximum atomic E-state index is 5.32. The maximum Gasteiger partial charge on any atom is 0.222 e. The second-order valence-electron chi connectivity index (χ2n) is 3.35. The average Bonchev–Trinajstić information content (AvgIpc) is 2.86. The van der Waals surface area contributed by atoms with Gasteiger partial charge in [0.25, 0.3) is 0 Å². The molecule has 17 heavy (non-hydrogen) atoms. The number of anilines is 1. The summed E-state index contributed by atoms with van der Waals surface area (Å²) >= 11 is 3.28. The summed E-state index contributed by atoms with van der Waals surface area (Å²) in [5.41, 5.74) is 0. The van der Waals surface area contributed by atoms with Crippen molar-refractivity contribution in [1.82, 2.24) is 9.97 Å². The van der Waals surface area contributed by atoms with Crippen LogP contribution in [-0.4, -0.2) is 23.6 Å². The van der Waals surface area contributed by atoms with Gasteiger partial charge in [0.1, 0.15) is 11.9 Å². The Balaban J connectivity index is 1.94. The molecule has 5 nitrogen and oxygen atoms in total. The highest BCUT2D eigenvalue weighted by Gasteiger charge is 2.13. The fourth-order valence-electron chi connectivity index (χ4n) is 1.36. The van der Waals surface area contributed by atoms with E-state index in [1.54, 1.807) is 25.8 Å². The Morgan fingerprint density at radius 3 is 2.82 bits per heavy atom. The second kappa shape index (κ2) is 5.79. The van der Waals surface area contributed by atoms with E-state index in [4.69, 9.17) is 9.15 Å². The zero-order chi connectivity index (χ0) is 12.1. The molecule has 0 radical (unpaired) electrons. The van der Waals surface area contributed by atoms with Crippen LogP contribution in [0.2, 0.25) is 0 Å². The average molecular weight is 298 g/mol. The summed E-state index contributed by atoms with van der Waals surface area (Å²) in [4.78, 5) is 8.22. The first-order valence-corrected chi connectivity index (χ1v) is 5.86. The van der Waals surface area contributed by atoms with Crippen molar-refractivity contribution in [3.05, 3.63) is 41.0 Å². The molecule has 2 rings (SSSR count). The second-order valence-corrected chi connectivity index (χ2v) is 4.26. The summed E-state index contributed by atoms with van der Waals surface area (Å²) < 4.78 is 11.4. The molecule has 0 saturated heterocycles.